The van der Waals surface area contributed by atoms with Crippen molar-refractivity contribution in [3.63, 3.8) is 0 Å². The van der Waals surface area contributed by atoms with Crippen LogP contribution in [0.2, 0.25) is 0 Å². The van der Waals surface area contributed by atoms with Gasteiger partial charge in [0.15, 0.2) is 5.78 Å². The molecule has 0 N–H and O–H groups in total. The van der Waals surface area contributed by atoms with Crippen molar-refractivity contribution in [1.29, 1.82) is 0 Å². The van der Waals surface area contributed by atoms with Crippen molar-refractivity contribution in [1.82, 2.24) is 0 Å². The summed E-state index contributed by atoms with van der Waals surface area (Å²) in [6, 6.07) is 7.11. The molecule has 5 heteroatoms. The molecule has 0 radical (unpaired) electrons. The van der Waals surface area contributed by atoms with Gasteiger partial charge < -0.3 is 9.47 Å². The quantitative estimate of drug-likeness (QED) is 0.563. The summed E-state index contributed by atoms with van der Waals surface area (Å²) in [4.78, 5) is 33.8. The van der Waals surface area contributed by atoms with Crippen molar-refractivity contribution < 1.29 is 23.9 Å². The molecule has 0 spiro atoms. The molecule has 0 heterocycles. The van der Waals surface area contributed by atoms with Gasteiger partial charge >= 0.3 is 5.97 Å². The first kappa shape index (κ1) is 15.9. The lowest BCUT2D eigenvalue weighted by atomic mass is 10.0. The average Bonchev–Trinajstić information content (AvgIpc) is 2.44. The van der Waals surface area contributed by atoms with Gasteiger partial charge in [0, 0.05) is 12.8 Å². The van der Waals surface area contributed by atoms with E-state index in [1.807, 2.05) is 0 Å². The third-order valence-electron chi connectivity index (χ3n) is 2.83. The molecule has 0 amide bonds. The van der Waals surface area contributed by atoms with Crippen LogP contribution in [0.3, 0.4) is 0 Å². The zero-order valence-electron chi connectivity index (χ0n) is 11.8. The van der Waals surface area contributed by atoms with Gasteiger partial charge in [-0.2, -0.15) is 0 Å². The predicted octanol–water partition coefficient (Wildman–Crippen LogP) is 1.92. The molecule has 0 saturated carbocycles. The van der Waals surface area contributed by atoms with Gasteiger partial charge in [0.05, 0.1) is 13.5 Å². The highest BCUT2D eigenvalue weighted by atomic mass is 16.5. The fraction of sp³-hybridized carbons (Fsp3) is 0.400. The number of benzene rings is 1. The van der Waals surface area contributed by atoms with Crippen molar-refractivity contribution in [2.24, 2.45) is 5.92 Å². The van der Waals surface area contributed by atoms with E-state index in [0.29, 0.717) is 0 Å². The van der Waals surface area contributed by atoms with Crippen LogP contribution in [0.4, 0.5) is 0 Å². The molecular formula is C15H18O5. The zero-order chi connectivity index (χ0) is 15.1. The predicted molar refractivity (Wildman–Crippen MR) is 72.3 cm³/mol. The Labute approximate surface area is 117 Å². The van der Waals surface area contributed by atoms with E-state index in [9.17, 15) is 14.4 Å². The van der Waals surface area contributed by atoms with E-state index < -0.39 is 23.5 Å². The maximum Gasteiger partial charge on any atom is 0.306 e. The highest BCUT2D eigenvalue weighted by Gasteiger charge is 2.21. The van der Waals surface area contributed by atoms with Crippen molar-refractivity contribution in [2.75, 3.05) is 7.11 Å². The summed E-state index contributed by atoms with van der Waals surface area (Å²) < 4.78 is 10.1. The lowest BCUT2D eigenvalue weighted by Crippen LogP contribution is -2.22. The maximum atomic E-state index is 11.6. The van der Waals surface area contributed by atoms with Crippen LogP contribution >= 0.6 is 0 Å². The summed E-state index contributed by atoms with van der Waals surface area (Å²) in [5.41, 5.74) is 0.824. The van der Waals surface area contributed by atoms with E-state index in [4.69, 9.17) is 9.47 Å². The van der Waals surface area contributed by atoms with E-state index in [-0.39, 0.29) is 13.0 Å². The molecule has 0 fully saturated rings. The van der Waals surface area contributed by atoms with Crippen LogP contribution < -0.4 is 4.74 Å². The van der Waals surface area contributed by atoms with E-state index >= 15 is 0 Å². The zero-order valence-corrected chi connectivity index (χ0v) is 11.8. The Morgan fingerprint density at radius 1 is 1.15 bits per heavy atom. The molecule has 1 aromatic carbocycles. The monoisotopic (exact) mass is 278 g/mol. The number of hydrogen-bond donors (Lipinski definition) is 0. The van der Waals surface area contributed by atoms with E-state index in [2.05, 4.69) is 0 Å². The van der Waals surface area contributed by atoms with Gasteiger partial charge in [0.25, 0.3) is 0 Å². The largest absolute Gasteiger partial charge is 0.497 e. The molecular weight excluding hydrogens is 260 g/mol. The topological polar surface area (TPSA) is 69.7 Å². The van der Waals surface area contributed by atoms with Gasteiger partial charge in [-0.25, -0.2) is 0 Å². The number of ether oxygens (including phenoxy) is 2. The molecule has 0 aliphatic heterocycles. The molecule has 1 aromatic rings. The molecule has 0 aromatic heterocycles. The van der Waals surface area contributed by atoms with Crippen molar-refractivity contribution in [3.8, 4) is 5.75 Å². The summed E-state index contributed by atoms with van der Waals surface area (Å²) in [5, 5.41) is 0. The minimum absolute atomic E-state index is 0.0887. The normalized spacial score (nSPS) is 11.6. The summed E-state index contributed by atoms with van der Waals surface area (Å²) >= 11 is 0. The molecule has 1 rings (SSSR count). The molecule has 20 heavy (non-hydrogen) atoms. The van der Waals surface area contributed by atoms with Crippen LogP contribution in [0, 0.1) is 5.92 Å². The molecule has 108 valence electrons. The fourth-order valence-electron chi connectivity index (χ4n) is 1.63. The van der Waals surface area contributed by atoms with E-state index in [1.54, 1.807) is 38.3 Å². The van der Waals surface area contributed by atoms with Crippen molar-refractivity contribution in [2.45, 2.75) is 26.9 Å². The molecule has 0 unspecified atom stereocenters. The Hall–Kier alpha value is -2.17. The number of Topliss-reactive ketones (excluding diaryl/α,β-unsaturated/α-hetero) is 2. The standard InChI is InChI=1S/C15H18O5/c1-10(15(18)11(2)16)8-14(17)20-9-12-4-6-13(19-3)7-5-12/h4-7,10H,8-9H2,1-3H3/t10-/m1/s1. The highest BCUT2D eigenvalue weighted by Crippen LogP contribution is 2.13. The van der Waals surface area contributed by atoms with Crippen LogP contribution in [-0.2, 0) is 25.7 Å². The van der Waals surface area contributed by atoms with E-state index in [0.717, 1.165) is 11.3 Å². The average molecular weight is 278 g/mol. The Kier molecular flexibility index (Phi) is 5.90. The smallest absolute Gasteiger partial charge is 0.306 e. The molecule has 1 atom stereocenters. The Morgan fingerprint density at radius 3 is 2.25 bits per heavy atom. The van der Waals surface area contributed by atoms with Gasteiger partial charge in [-0.05, 0) is 17.7 Å². The first-order chi connectivity index (χ1) is 9.43. The molecule has 5 nitrogen and oxygen atoms in total. The lowest BCUT2D eigenvalue weighted by Gasteiger charge is -2.09. The lowest BCUT2D eigenvalue weighted by molar-refractivity contribution is -0.148. The second kappa shape index (κ2) is 7.43. The summed E-state index contributed by atoms with van der Waals surface area (Å²) in [6.45, 7) is 2.86. The van der Waals surface area contributed by atoms with Gasteiger partial charge in [0.2, 0.25) is 5.78 Å². The second-order valence-electron chi connectivity index (χ2n) is 4.53. The van der Waals surface area contributed by atoms with Crippen LogP contribution in [-0.4, -0.2) is 24.6 Å². The third-order valence-corrected chi connectivity index (χ3v) is 2.83. The van der Waals surface area contributed by atoms with Gasteiger partial charge in [0.1, 0.15) is 12.4 Å². The maximum absolute atomic E-state index is 11.6. The molecule has 0 bridgehead atoms. The van der Waals surface area contributed by atoms with Crippen LogP contribution in [0.1, 0.15) is 25.8 Å². The van der Waals surface area contributed by atoms with Gasteiger partial charge in [-0.3, -0.25) is 14.4 Å². The molecule has 0 aliphatic rings. The van der Waals surface area contributed by atoms with Crippen molar-refractivity contribution >= 4 is 17.5 Å². The number of rotatable bonds is 7. The number of methoxy groups -OCH3 is 1. The first-order valence-electron chi connectivity index (χ1n) is 6.27. The van der Waals surface area contributed by atoms with Gasteiger partial charge in [-0.15, -0.1) is 0 Å². The van der Waals surface area contributed by atoms with Crippen LogP contribution in [0.5, 0.6) is 5.75 Å². The fourth-order valence-corrected chi connectivity index (χ4v) is 1.63. The van der Waals surface area contributed by atoms with Gasteiger partial charge in [-0.1, -0.05) is 19.1 Å². The molecule has 0 saturated heterocycles. The van der Waals surface area contributed by atoms with Crippen molar-refractivity contribution in [3.05, 3.63) is 29.8 Å². The Bertz CT molecular complexity index is 489. The van der Waals surface area contributed by atoms with Crippen LogP contribution in [0.15, 0.2) is 24.3 Å². The Balaban J connectivity index is 2.42. The SMILES string of the molecule is COc1ccc(COC(=O)C[C@@H](C)C(=O)C(C)=O)cc1. The summed E-state index contributed by atoms with van der Waals surface area (Å²) in [5.74, 6) is -1.51. The second-order valence-corrected chi connectivity index (χ2v) is 4.53. The number of carbonyl (C=O) groups is 3. The minimum atomic E-state index is -0.643. The number of esters is 1. The third kappa shape index (κ3) is 4.84. The summed E-state index contributed by atoms with van der Waals surface area (Å²) in [7, 11) is 1.57. The number of ketones is 2. The number of hydrogen-bond acceptors (Lipinski definition) is 5. The number of carbonyl (C=O) groups excluding carboxylic acids is 3. The Morgan fingerprint density at radius 2 is 1.75 bits per heavy atom. The minimum Gasteiger partial charge on any atom is -0.497 e. The summed E-state index contributed by atoms with van der Waals surface area (Å²) in [6.07, 6.45) is -0.0887. The van der Waals surface area contributed by atoms with Crippen LogP contribution in [0.25, 0.3) is 0 Å². The first-order valence-corrected chi connectivity index (χ1v) is 6.27. The highest BCUT2D eigenvalue weighted by molar-refractivity contribution is 6.37. The molecule has 0 aliphatic carbocycles. The van der Waals surface area contributed by atoms with E-state index in [1.165, 1.54) is 6.92 Å².